The summed E-state index contributed by atoms with van der Waals surface area (Å²) in [4.78, 5) is 20.6. The molecule has 0 radical (unpaired) electrons. The van der Waals surface area contributed by atoms with Gasteiger partial charge in [-0.2, -0.15) is 5.10 Å². The van der Waals surface area contributed by atoms with E-state index in [-0.39, 0.29) is 11.4 Å². The molecule has 6 rings (SSSR count). The highest BCUT2D eigenvalue weighted by atomic mass is 16.1. The Morgan fingerprint density at radius 3 is 2.96 bits per heavy atom. The third kappa shape index (κ3) is 2.75. The van der Waals surface area contributed by atoms with Crippen molar-refractivity contribution in [3.63, 3.8) is 0 Å². The Bertz CT molecular complexity index is 1040. The second kappa shape index (κ2) is 5.90. The van der Waals surface area contributed by atoms with Crippen LogP contribution in [0.3, 0.4) is 0 Å². The molecule has 2 heterocycles. The molecule has 3 aliphatic rings. The number of anilines is 1. The summed E-state index contributed by atoms with van der Waals surface area (Å²) in [6.07, 6.45) is 8.37. The average Bonchev–Trinajstić information content (AvgIpc) is 3.10. The van der Waals surface area contributed by atoms with Gasteiger partial charge in [-0.1, -0.05) is 24.8 Å². The third-order valence-electron chi connectivity index (χ3n) is 5.56. The van der Waals surface area contributed by atoms with Crippen LogP contribution in [0.4, 0.5) is 5.82 Å². The van der Waals surface area contributed by atoms with Gasteiger partial charge in [0.15, 0.2) is 11.5 Å². The molecule has 1 amide bonds. The molecule has 3 aromatic rings. The van der Waals surface area contributed by atoms with Crippen molar-refractivity contribution in [3.05, 3.63) is 55.0 Å². The SMILES string of the molecule is C=CC(=O)NCc1cccc(-c2cn3ncnc3c(NC34CC(C3)C4)n2)c1. The summed E-state index contributed by atoms with van der Waals surface area (Å²) in [6, 6.07) is 7.97. The number of carbonyl (C=O) groups excluding carboxylic acids is 1. The Morgan fingerprint density at radius 1 is 1.37 bits per heavy atom. The molecule has 3 aliphatic carbocycles. The molecule has 2 bridgehead atoms. The average molecular weight is 360 g/mol. The maximum Gasteiger partial charge on any atom is 0.243 e. The normalized spacial score (nSPS) is 22.6. The van der Waals surface area contributed by atoms with Crippen LogP contribution in [-0.4, -0.2) is 31.0 Å². The van der Waals surface area contributed by atoms with Gasteiger partial charge in [-0.3, -0.25) is 4.79 Å². The summed E-state index contributed by atoms with van der Waals surface area (Å²) in [5.74, 6) is 1.48. The summed E-state index contributed by atoms with van der Waals surface area (Å²) in [5, 5.41) is 10.7. The van der Waals surface area contributed by atoms with Crippen LogP contribution in [0.5, 0.6) is 0 Å². The number of rotatable bonds is 6. The largest absolute Gasteiger partial charge is 0.361 e. The highest BCUT2D eigenvalue weighted by Gasteiger charge is 2.57. The van der Waals surface area contributed by atoms with Gasteiger partial charge in [0.25, 0.3) is 0 Å². The Balaban J connectivity index is 1.47. The number of carbonyl (C=O) groups is 1. The third-order valence-corrected chi connectivity index (χ3v) is 5.56. The first-order valence-corrected chi connectivity index (χ1v) is 9.12. The predicted octanol–water partition coefficient (Wildman–Crippen LogP) is 2.56. The van der Waals surface area contributed by atoms with Crippen LogP contribution in [0, 0.1) is 5.92 Å². The number of nitrogens with zero attached hydrogens (tertiary/aromatic N) is 4. The molecule has 0 saturated heterocycles. The summed E-state index contributed by atoms with van der Waals surface area (Å²) >= 11 is 0. The van der Waals surface area contributed by atoms with E-state index in [0.29, 0.717) is 6.54 Å². The summed E-state index contributed by atoms with van der Waals surface area (Å²) in [5.41, 5.74) is 3.74. The Labute approximate surface area is 156 Å². The molecule has 0 aliphatic heterocycles. The molecule has 1 aromatic carbocycles. The fraction of sp³-hybridized carbons (Fsp3) is 0.300. The van der Waals surface area contributed by atoms with Crippen molar-refractivity contribution < 1.29 is 4.79 Å². The van der Waals surface area contributed by atoms with Crippen molar-refractivity contribution in [1.29, 1.82) is 0 Å². The van der Waals surface area contributed by atoms with Gasteiger partial charge >= 0.3 is 0 Å². The number of amides is 1. The zero-order valence-corrected chi connectivity index (χ0v) is 14.9. The molecule has 136 valence electrons. The lowest BCUT2D eigenvalue weighted by Gasteiger charge is -2.62. The lowest BCUT2D eigenvalue weighted by atomic mass is 9.50. The van der Waals surface area contributed by atoms with Crippen molar-refractivity contribution in [2.45, 2.75) is 31.3 Å². The minimum Gasteiger partial charge on any atom is -0.361 e. The van der Waals surface area contributed by atoms with E-state index in [1.165, 1.54) is 25.3 Å². The molecule has 3 saturated carbocycles. The van der Waals surface area contributed by atoms with Gasteiger partial charge in [0.2, 0.25) is 5.91 Å². The van der Waals surface area contributed by atoms with E-state index in [0.717, 1.165) is 34.2 Å². The summed E-state index contributed by atoms with van der Waals surface area (Å²) in [7, 11) is 0. The molecule has 7 nitrogen and oxygen atoms in total. The van der Waals surface area contributed by atoms with E-state index >= 15 is 0 Å². The van der Waals surface area contributed by atoms with Crippen LogP contribution >= 0.6 is 0 Å². The highest BCUT2D eigenvalue weighted by molar-refractivity contribution is 5.86. The minimum atomic E-state index is -0.187. The molecule has 7 heteroatoms. The lowest BCUT2D eigenvalue weighted by molar-refractivity contribution is -0.116. The van der Waals surface area contributed by atoms with E-state index in [4.69, 9.17) is 4.98 Å². The van der Waals surface area contributed by atoms with Crippen LogP contribution in [-0.2, 0) is 11.3 Å². The van der Waals surface area contributed by atoms with Crippen molar-refractivity contribution in [2.24, 2.45) is 5.92 Å². The fourth-order valence-corrected chi connectivity index (χ4v) is 4.04. The molecule has 0 unspecified atom stereocenters. The van der Waals surface area contributed by atoms with E-state index in [1.807, 2.05) is 30.5 Å². The lowest BCUT2D eigenvalue weighted by Crippen LogP contribution is -2.63. The smallest absolute Gasteiger partial charge is 0.243 e. The van der Waals surface area contributed by atoms with E-state index in [9.17, 15) is 4.79 Å². The number of hydrogen-bond acceptors (Lipinski definition) is 5. The first kappa shape index (κ1) is 16.0. The van der Waals surface area contributed by atoms with Crippen LogP contribution in [0.2, 0.25) is 0 Å². The summed E-state index contributed by atoms with van der Waals surface area (Å²) in [6.45, 7) is 3.92. The van der Waals surface area contributed by atoms with E-state index in [2.05, 4.69) is 27.3 Å². The van der Waals surface area contributed by atoms with Gasteiger partial charge in [0.05, 0.1) is 11.9 Å². The van der Waals surface area contributed by atoms with Crippen LogP contribution in [0.25, 0.3) is 16.9 Å². The van der Waals surface area contributed by atoms with E-state index in [1.54, 1.807) is 10.8 Å². The fourth-order valence-electron chi connectivity index (χ4n) is 4.04. The number of fused-ring (bicyclic) bond motifs is 1. The van der Waals surface area contributed by atoms with Gasteiger partial charge in [-0.25, -0.2) is 14.5 Å². The quantitative estimate of drug-likeness (QED) is 0.660. The molecule has 0 spiro atoms. The van der Waals surface area contributed by atoms with Crippen molar-refractivity contribution in [2.75, 3.05) is 5.32 Å². The summed E-state index contributed by atoms with van der Waals surface area (Å²) < 4.78 is 1.77. The van der Waals surface area contributed by atoms with Gasteiger partial charge < -0.3 is 10.6 Å². The maximum atomic E-state index is 11.4. The number of benzene rings is 1. The van der Waals surface area contributed by atoms with Crippen LogP contribution in [0.1, 0.15) is 24.8 Å². The predicted molar refractivity (Wildman–Crippen MR) is 102 cm³/mol. The number of nitrogens with one attached hydrogen (secondary N) is 2. The zero-order valence-electron chi connectivity index (χ0n) is 14.9. The second-order valence-electron chi connectivity index (χ2n) is 7.51. The molecule has 3 fully saturated rings. The number of aromatic nitrogens is 4. The maximum absolute atomic E-state index is 11.4. The van der Waals surface area contributed by atoms with Crippen LogP contribution < -0.4 is 10.6 Å². The first-order valence-electron chi connectivity index (χ1n) is 9.12. The van der Waals surface area contributed by atoms with Gasteiger partial charge in [0, 0.05) is 17.6 Å². The molecule has 27 heavy (non-hydrogen) atoms. The second-order valence-corrected chi connectivity index (χ2v) is 7.51. The van der Waals surface area contributed by atoms with E-state index < -0.39 is 0 Å². The number of hydrogen-bond donors (Lipinski definition) is 2. The highest BCUT2D eigenvalue weighted by Crippen LogP contribution is 2.58. The monoisotopic (exact) mass is 360 g/mol. The molecule has 2 N–H and O–H groups in total. The zero-order chi connectivity index (χ0) is 18.4. The molecule has 0 atom stereocenters. The molecular formula is C20H20N6O. The topological polar surface area (TPSA) is 84.2 Å². The Morgan fingerprint density at radius 2 is 2.22 bits per heavy atom. The van der Waals surface area contributed by atoms with Gasteiger partial charge in [-0.15, -0.1) is 0 Å². The molecule has 2 aromatic heterocycles. The van der Waals surface area contributed by atoms with Crippen molar-refractivity contribution in [1.82, 2.24) is 24.9 Å². The Hall–Kier alpha value is -3.22. The van der Waals surface area contributed by atoms with Gasteiger partial charge in [-0.05, 0) is 42.9 Å². The van der Waals surface area contributed by atoms with Crippen molar-refractivity contribution in [3.8, 4) is 11.3 Å². The van der Waals surface area contributed by atoms with Gasteiger partial charge in [0.1, 0.15) is 6.33 Å². The minimum absolute atomic E-state index is 0.187. The molecular weight excluding hydrogens is 340 g/mol. The van der Waals surface area contributed by atoms with Crippen molar-refractivity contribution >= 4 is 17.4 Å². The first-order chi connectivity index (χ1) is 13.1. The Kier molecular flexibility index (Phi) is 3.50. The standard InChI is InChI=1S/C20H20N6O/c1-2-17(27)21-10-13-4-3-5-15(6-13)16-11-26-19(22-12-23-26)18(24-16)25-20-7-14(8-20)9-20/h2-6,11-12,14H,1,7-10H2,(H,21,27)(H,24,25). The van der Waals surface area contributed by atoms with Crippen LogP contribution in [0.15, 0.2) is 49.4 Å².